The van der Waals surface area contributed by atoms with E-state index in [4.69, 9.17) is 14.8 Å². The summed E-state index contributed by atoms with van der Waals surface area (Å²) in [6.45, 7) is 1.88. The van der Waals surface area contributed by atoms with E-state index < -0.39 is 12.9 Å². The lowest BCUT2D eigenvalue weighted by Crippen LogP contribution is -2.30. The maximum atomic E-state index is 13.4. The van der Waals surface area contributed by atoms with Gasteiger partial charge in [-0.05, 0) is 24.5 Å². The fraction of sp³-hybridized carbons (Fsp3) is 0.222. The molecule has 0 radical (unpaired) electrons. The molecule has 0 fully saturated rings. The van der Waals surface area contributed by atoms with E-state index >= 15 is 0 Å². The van der Waals surface area contributed by atoms with Gasteiger partial charge in [0, 0.05) is 0 Å². The van der Waals surface area contributed by atoms with Gasteiger partial charge in [0.1, 0.15) is 0 Å². The lowest BCUT2D eigenvalue weighted by atomic mass is 9.79. The van der Waals surface area contributed by atoms with Crippen LogP contribution in [-0.2, 0) is 0 Å². The second-order valence-electron chi connectivity index (χ2n) is 2.85. The molecular weight excluding hydrogens is 202 g/mol. The number of hydrogen-bond acceptors (Lipinski definition) is 4. The van der Waals surface area contributed by atoms with E-state index in [1.165, 1.54) is 0 Å². The van der Waals surface area contributed by atoms with Crippen LogP contribution in [0, 0.1) is 5.82 Å². The fourth-order valence-electron chi connectivity index (χ4n) is 1.14. The molecule has 0 saturated carbocycles. The zero-order valence-corrected chi connectivity index (χ0v) is 8.11. The van der Waals surface area contributed by atoms with Crippen molar-refractivity contribution >= 4 is 18.9 Å². The summed E-state index contributed by atoms with van der Waals surface area (Å²) in [7, 11) is -1.76. The number of carbonyl (C=O) groups is 1. The SMILES string of the molecule is CCOc1cc(B(O)O)cc(C=O)c1F. The minimum absolute atomic E-state index is 0.0157. The third kappa shape index (κ3) is 2.54. The molecule has 0 unspecified atom stereocenters. The second kappa shape index (κ2) is 4.90. The Morgan fingerprint density at radius 3 is 2.67 bits per heavy atom. The predicted molar refractivity (Wildman–Crippen MR) is 52.8 cm³/mol. The van der Waals surface area contributed by atoms with Gasteiger partial charge in [-0.15, -0.1) is 0 Å². The lowest BCUT2D eigenvalue weighted by Gasteiger charge is -2.08. The van der Waals surface area contributed by atoms with Crippen LogP contribution in [0.1, 0.15) is 17.3 Å². The van der Waals surface area contributed by atoms with Crippen molar-refractivity contribution in [2.75, 3.05) is 6.61 Å². The van der Waals surface area contributed by atoms with Crippen LogP contribution < -0.4 is 10.2 Å². The Kier molecular flexibility index (Phi) is 3.82. The highest BCUT2D eigenvalue weighted by Crippen LogP contribution is 2.18. The smallest absolute Gasteiger partial charge is 0.488 e. The van der Waals surface area contributed by atoms with Crippen LogP contribution >= 0.6 is 0 Å². The molecule has 0 spiro atoms. The Labute approximate surface area is 86.4 Å². The van der Waals surface area contributed by atoms with E-state index in [1.54, 1.807) is 6.92 Å². The van der Waals surface area contributed by atoms with Gasteiger partial charge in [0.25, 0.3) is 0 Å². The van der Waals surface area contributed by atoms with E-state index in [-0.39, 0.29) is 23.4 Å². The van der Waals surface area contributed by atoms with Crippen molar-refractivity contribution in [3.8, 4) is 5.75 Å². The maximum absolute atomic E-state index is 13.4. The highest BCUT2D eigenvalue weighted by atomic mass is 19.1. The molecule has 0 aliphatic rings. The average Bonchev–Trinajstić information content (AvgIpc) is 2.21. The van der Waals surface area contributed by atoms with E-state index in [0.29, 0.717) is 6.29 Å². The summed E-state index contributed by atoms with van der Waals surface area (Å²) in [6, 6.07) is 2.21. The Balaban J connectivity index is 3.24. The van der Waals surface area contributed by atoms with E-state index in [2.05, 4.69) is 0 Å². The third-order valence-electron chi connectivity index (χ3n) is 1.81. The summed E-state index contributed by atoms with van der Waals surface area (Å²) in [4.78, 5) is 10.5. The molecular formula is C9H10BFO4. The number of carbonyl (C=O) groups excluding carboxylic acids is 1. The fourth-order valence-corrected chi connectivity index (χ4v) is 1.14. The first-order valence-electron chi connectivity index (χ1n) is 4.37. The molecule has 4 nitrogen and oxygen atoms in total. The number of ether oxygens (including phenoxy) is 1. The van der Waals surface area contributed by atoms with Crippen LogP contribution in [0.5, 0.6) is 5.75 Å². The van der Waals surface area contributed by atoms with Crippen molar-refractivity contribution in [1.82, 2.24) is 0 Å². The number of rotatable bonds is 4. The molecule has 0 bridgehead atoms. The van der Waals surface area contributed by atoms with Gasteiger partial charge in [-0.1, -0.05) is 0 Å². The quantitative estimate of drug-likeness (QED) is 0.531. The van der Waals surface area contributed by atoms with Crippen molar-refractivity contribution in [1.29, 1.82) is 0 Å². The number of aldehydes is 1. The number of hydrogen-bond donors (Lipinski definition) is 2. The van der Waals surface area contributed by atoms with Crippen LogP contribution in [-0.4, -0.2) is 30.1 Å². The molecule has 0 atom stereocenters. The molecule has 0 aromatic heterocycles. The zero-order valence-electron chi connectivity index (χ0n) is 8.11. The highest BCUT2D eigenvalue weighted by Gasteiger charge is 2.18. The van der Waals surface area contributed by atoms with Crippen LogP contribution in [0.25, 0.3) is 0 Å². The molecule has 2 N–H and O–H groups in total. The van der Waals surface area contributed by atoms with Crippen molar-refractivity contribution in [3.05, 3.63) is 23.5 Å². The van der Waals surface area contributed by atoms with Gasteiger partial charge in [0.15, 0.2) is 17.9 Å². The summed E-state index contributed by atoms with van der Waals surface area (Å²) in [5.74, 6) is -0.957. The average molecular weight is 212 g/mol. The molecule has 0 amide bonds. The van der Waals surface area contributed by atoms with Gasteiger partial charge >= 0.3 is 7.12 Å². The van der Waals surface area contributed by atoms with Gasteiger partial charge in [-0.25, -0.2) is 4.39 Å². The largest absolute Gasteiger partial charge is 0.491 e. The summed E-state index contributed by atoms with van der Waals surface area (Å²) in [5.41, 5.74) is -0.244. The van der Waals surface area contributed by atoms with Gasteiger partial charge < -0.3 is 14.8 Å². The summed E-state index contributed by atoms with van der Waals surface area (Å²) in [6.07, 6.45) is 0.295. The van der Waals surface area contributed by atoms with Crippen molar-refractivity contribution in [2.24, 2.45) is 0 Å². The predicted octanol–water partition coefficient (Wildman–Crippen LogP) is -0.283. The molecule has 0 aliphatic heterocycles. The first-order valence-corrected chi connectivity index (χ1v) is 4.37. The highest BCUT2D eigenvalue weighted by molar-refractivity contribution is 6.58. The van der Waals surface area contributed by atoms with Gasteiger partial charge in [-0.3, -0.25) is 4.79 Å². The molecule has 1 aromatic rings. The monoisotopic (exact) mass is 212 g/mol. The number of benzene rings is 1. The molecule has 0 aliphatic carbocycles. The van der Waals surface area contributed by atoms with Crippen LogP contribution in [0.2, 0.25) is 0 Å². The van der Waals surface area contributed by atoms with E-state index in [1.807, 2.05) is 0 Å². The molecule has 1 aromatic carbocycles. The van der Waals surface area contributed by atoms with Crippen molar-refractivity contribution < 1.29 is 24.0 Å². The van der Waals surface area contributed by atoms with E-state index in [9.17, 15) is 9.18 Å². The normalized spacial score (nSPS) is 9.87. The van der Waals surface area contributed by atoms with Crippen LogP contribution in [0.15, 0.2) is 12.1 Å². The minimum atomic E-state index is -1.76. The Morgan fingerprint density at radius 2 is 2.20 bits per heavy atom. The molecule has 80 valence electrons. The standard InChI is InChI=1S/C9H10BFO4/c1-2-15-8-4-7(10(13)14)3-6(5-12)9(8)11/h3-5,13-14H,2H2,1H3. The topological polar surface area (TPSA) is 66.8 Å². The third-order valence-corrected chi connectivity index (χ3v) is 1.81. The van der Waals surface area contributed by atoms with Crippen LogP contribution in [0.3, 0.4) is 0 Å². The molecule has 0 saturated heterocycles. The zero-order chi connectivity index (χ0) is 11.4. The Morgan fingerprint density at radius 1 is 1.53 bits per heavy atom. The molecule has 15 heavy (non-hydrogen) atoms. The first kappa shape index (κ1) is 11.7. The summed E-state index contributed by atoms with van der Waals surface area (Å²) >= 11 is 0. The van der Waals surface area contributed by atoms with Gasteiger partial charge in [0.2, 0.25) is 0 Å². The Hall–Kier alpha value is -1.40. The van der Waals surface area contributed by atoms with Crippen molar-refractivity contribution in [3.63, 3.8) is 0 Å². The van der Waals surface area contributed by atoms with Crippen LogP contribution in [0.4, 0.5) is 4.39 Å². The molecule has 6 heteroatoms. The minimum Gasteiger partial charge on any atom is -0.491 e. The summed E-state index contributed by atoms with van der Waals surface area (Å²) in [5, 5.41) is 17.8. The van der Waals surface area contributed by atoms with Gasteiger partial charge in [-0.2, -0.15) is 0 Å². The van der Waals surface area contributed by atoms with Gasteiger partial charge in [0.05, 0.1) is 12.2 Å². The van der Waals surface area contributed by atoms with Crippen molar-refractivity contribution in [2.45, 2.75) is 6.92 Å². The summed E-state index contributed by atoms with van der Waals surface area (Å²) < 4.78 is 18.3. The molecule has 1 rings (SSSR count). The number of halogens is 1. The molecule has 0 heterocycles. The second-order valence-corrected chi connectivity index (χ2v) is 2.85. The maximum Gasteiger partial charge on any atom is 0.488 e. The Bertz CT molecular complexity index is 367. The first-order chi connectivity index (χ1) is 7.10. The lowest BCUT2D eigenvalue weighted by molar-refractivity contribution is 0.111. The van der Waals surface area contributed by atoms with E-state index in [0.717, 1.165) is 12.1 Å².